The smallest absolute Gasteiger partial charge is 0.194 e. The normalized spacial score (nSPS) is 11.8. The Labute approximate surface area is 214 Å². The van der Waals surface area contributed by atoms with Gasteiger partial charge in [0.05, 0.1) is 0 Å². The molecule has 0 heterocycles. The average molecular weight is 528 g/mol. The number of halogens is 1. The second-order valence-electron chi connectivity index (χ2n) is 9.09. The molecule has 0 spiro atoms. The molecule has 0 unspecified atom stereocenters. The molecule has 0 aliphatic heterocycles. The molecule has 0 atom stereocenters. The third-order valence-corrected chi connectivity index (χ3v) is 7.73. The van der Waals surface area contributed by atoms with Crippen molar-refractivity contribution in [3.63, 3.8) is 0 Å². The van der Waals surface area contributed by atoms with Crippen molar-refractivity contribution in [2.24, 2.45) is 0 Å². The summed E-state index contributed by atoms with van der Waals surface area (Å²) in [4.78, 5) is 28.0. The van der Waals surface area contributed by atoms with Crippen LogP contribution in [-0.4, -0.2) is 0 Å². The fourth-order valence-electron chi connectivity index (χ4n) is 5.71. The predicted octanol–water partition coefficient (Wildman–Crippen LogP) is 7.57. The number of hydrogen-bond donors (Lipinski definition) is 1. The molecular weight excluding hydrogens is 510 g/mol. The lowest BCUT2D eigenvalue weighted by atomic mass is 9.86. The number of fused-ring (bicyclic) bond motifs is 7. The predicted molar refractivity (Wildman–Crippen MR) is 154 cm³/mol. The number of hydrogen-bond acceptors (Lipinski definition) is 3. The summed E-state index contributed by atoms with van der Waals surface area (Å²) in [6.07, 6.45) is 0. The fourth-order valence-corrected chi connectivity index (χ4v) is 5.97. The SMILES string of the molecule is Nc1ccccc1-c1c(-c2ccc(Br)cc2)c2c(=O)c3ccccc3c2c2c(=O)c3ccccc3c12. The van der Waals surface area contributed by atoms with Gasteiger partial charge in [0, 0.05) is 59.2 Å². The zero-order valence-corrected chi connectivity index (χ0v) is 20.6. The zero-order chi connectivity index (χ0) is 24.6. The monoisotopic (exact) mass is 527 g/mol. The van der Waals surface area contributed by atoms with E-state index in [-0.39, 0.29) is 10.9 Å². The van der Waals surface area contributed by atoms with Crippen LogP contribution in [0.25, 0.3) is 65.3 Å². The summed E-state index contributed by atoms with van der Waals surface area (Å²) in [5, 5.41) is 5.66. The minimum Gasteiger partial charge on any atom is -0.398 e. The molecule has 0 aliphatic rings. The summed E-state index contributed by atoms with van der Waals surface area (Å²) < 4.78 is 0.944. The van der Waals surface area contributed by atoms with Crippen molar-refractivity contribution in [1.82, 2.24) is 0 Å². The Morgan fingerprint density at radius 1 is 0.500 bits per heavy atom. The van der Waals surface area contributed by atoms with Crippen molar-refractivity contribution in [1.29, 1.82) is 0 Å². The van der Waals surface area contributed by atoms with Crippen LogP contribution >= 0.6 is 15.9 Å². The van der Waals surface area contributed by atoms with Gasteiger partial charge in [-0.15, -0.1) is 0 Å². The van der Waals surface area contributed by atoms with Crippen LogP contribution in [0.1, 0.15) is 0 Å². The van der Waals surface area contributed by atoms with E-state index in [4.69, 9.17) is 5.73 Å². The lowest BCUT2D eigenvalue weighted by Crippen LogP contribution is -2.02. The molecule has 3 nitrogen and oxygen atoms in total. The molecular formula is C32H18BrNO2. The molecule has 0 saturated carbocycles. The summed E-state index contributed by atoms with van der Waals surface area (Å²) in [5.74, 6) is 0. The fraction of sp³-hybridized carbons (Fsp3) is 0. The summed E-state index contributed by atoms with van der Waals surface area (Å²) in [6, 6.07) is 30.9. The molecule has 4 heteroatoms. The Morgan fingerprint density at radius 2 is 1.03 bits per heavy atom. The first-order valence-corrected chi connectivity index (χ1v) is 12.5. The van der Waals surface area contributed by atoms with Crippen molar-refractivity contribution in [3.8, 4) is 22.3 Å². The van der Waals surface area contributed by atoms with Gasteiger partial charge >= 0.3 is 0 Å². The second kappa shape index (κ2) is 7.61. The van der Waals surface area contributed by atoms with Crippen molar-refractivity contribution in [3.05, 3.63) is 122 Å². The van der Waals surface area contributed by atoms with E-state index in [1.54, 1.807) is 0 Å². The highest BCUT2D eigenvalue weighted by Crippen LogP contribution is 2.48. The molecule has 36 heavy (non-hydrogen) atoms. The minimum atomic E-state index is -0.0687. The van der Waals surface area contributed by atoms with Gasteiger partial charge in [0.1, 0.15) is 0 Å². The molecule has 7 aromatic rings. The average Bonchev–Trinajstić information content (AvgIpc) is 3.36. The van der Waals surface area contributed by atoms with Crippen molar-refractivity contribution in [2.75, 3.05) is 5.73 Å². The highest BCUT2D eigenvalue weighted by molar-refractivity contribution is 9.10. The Bertz CT molecular complexity index is 2100. The Kier molecular flexibility index (Phi) is 4.45. The number of para-hydroxylation sites is 1. The van der Waals surface area contributed by atoms with E-state index in [1.807, 2.05) is 97.1 Å². The maximum atomic E-state index is 14.0. The lowest BCUT2D eigenvalue weighted by Gasteiger charge is -2.17. The van der Waals surface area contributed by atoms with Crippen LogP contribution in [0.15, 0.2) is 111 Å². The Balaban J connectivity index is 1.91. The maximum absolute atomic E-state index is 14.0. The molecule has 2 N–H and O–H groups in total. The van der Waals surface area contributed by atoms with Gasteiger partial charge in [-0.3, -0.25) is 9.59 Å². The first-order valence-electron chi connectivity index (χ1n) is 11.7. The van der Waals surface area contributed by atoms with Crippen LogP contribution in [0.5, 0.6) is 0 Å². The van der Waals surface area contributed by atoms with Gasteiger partial charge in [-0.1, -0.05) is 94.8 Å². The van der Waals surface area contributed by atoms with Crippen LogP contribution in [0.4, 0.5) is 5.69 Å². The summed E-state index contributed by atoms with van der Waals surface area (Å²) in [6.45, 7) is 0. The third-order valence-electron chi connectivity index (χ3n) is 7.20. The molecule has 0 aliphatic carbocycles. The highest BCUT2D eigenvalue weighted by atomic mass is 79.9. The van der Waals surface area contributed by atoms with Crippen molar-refractivity contribution < 1.29 is 0 Å². The van der Waals surface area contributed by atoms with Gasteiger partial charge in [-0.2, -0.15) is 0 Å². The van der Waals surface area contributed by atoms with E-state index >= 15 is 0 Å². The quantitative estimate of drug-likeness (QED) is 0.236. The number of benzene rings is 5. The minimum absolute atomic E-state index is 0.0561. The number of anilines is 1. The standard InChI is InChI=1S/C32H18BrNO2/c33-18-15-13-17(14-16-18)25-28(23-11-5-6-12-24(23)34)26-19-7-1-3-9-21(19)32(36)30(26)27-20-8-2-4-10-22(20)31(35)29(25)27/h1-16H,34H2. The van der Waals surface area contributed by atoms with Gasteiger partial charge in [-0.05, 0) is 34.5 Å². The van der Waals surface area contributed by atoms with Crippen molar-refractivity contribution in [2.45, 2.75) is 0 Å². The maximum Gasteiger partial charge on any atom is 0.194 e. The topological polar surface area (TPSA) is 60.2 Å². The molecule has 0 radical (unpaired) electrons. The highest BCUT2D eigenvalue weighted by Gasteiger charge is 2.27. The lowest BCUT2D eigenvalue weighted by molar-refractivity contribution is 1.61. The first kappa shape index (κ1) is 21.0. The van der Waals surface area contributed by atoms with Gasteiger partial charge < -0.3 is 5.73 Å². The second-order valence-corrected chi connectivity index (χ2v) is 10.0. The van der Waals surface area contributed by atoms with E-state index in [1.165, 1.54) is 0 Å². The molecule has 7 rings (SSSR count). The van der Waals surface area contributed by atoms with Gasteiger partial charge in [0.2, 0.25) is 0 Å². The Hall–Kier alpha value is -4.28. The van der Waals surface area contributed by atoms with E-state index in [0.717, 1.165) is 48.3 Å². The Morgan fingerprint density at radius 3 is 1.67 bits per heavy atom. The number of nitrogen functional groups attached to an aromatic ring is 1. The van der Waals surface area contributed by atoms with Crippen LogP contribution in [0, 0.1) is 0 Å². The largest absolute Gasteiger partial charge is 0.398 e. The van der Waals surface area contributed by atoms with Gasteiger partial charge in [-0.25, -0.2) is 0 Å². The van der Waals surface area contributed by atoms with Crippen molar-refractivity contribution >= 4 is 64.7 Å². The van der Waals surface area contributed by atoms with Crippen LogP contribution < -0.4 is 16.6 Å². The van der Waals surface area contributed by atoms with E-state index < -0.39 is 0 Å². The summed E-state index contributed by atoms with van der Waals surface area (Å²) in [5.41, 5.74) is 10.4. The molecule has 0 amide bonds. The van der Waals surface area contributed by atoms with E-state index in [9.17, 15) is 9.59 Å². The van der Waals surface area contributed by atoms with Crippen LogP contribution in [0.3, 0.4) is 0 Å². The molecule has 7 aromatic carbocycles. The van der Waals surface area contributed by atoms with E-state index in [2.05, 4.69) is 15.9 Å². The van der Waals surface area contributed by atoms with Gasteiger partial charge in [0.15, 0.2) is 10.9 Å². The van der Waals surface area contributed by atoms with Crippen LogP contribution in [-0.2, 0) is 0 Å². The van der Waals surface area contributed by atoms with Gasteiger partial charge in [0.25, 0.3) is 0 Å². The number of nitrogens with two attached hydrogens (primary N) is 1. The van der Waals surface area contributed by atoms with E-state index in [0.29, 0.717) is 27.2 Å². The summed E-state index contributed by atoms with van der Waals surface area (Å²) in [7, 11) is 0. The molecule has 0 fully saturated rings. The third kappa shape index (κ3) is 2.73. The summed E-state index contributed by atoms with van der Waals surface area (Å²) >= 11 is 3.54. The first-order chi connectivity index (χ1) is 17.6. The molecule has 0 saturated heterocycles. The van der Waals surface area contributed by atoms with Crippen LogP contribution in [0.2, 0.25) is 0 Å². The molecule has 0 aromatic heterocycles. The molecule has 0 bridgehead atoms. The molecule has 170 valence electrons. The number of rotatable bonds is 2. The zero-order valence-electron chi connectivity index (χ0n) is 19.0.